The summed E-state index contributed by atoms with van der Waals surface area (Å²) in [5, 5.41) is 3.19. The maximum absolute atomic E-state index is 3.46. The molecule has 0 amide bonds. The summed E-state index contributed by atoms with van der Waals surface area (Å²) in [6.45, 7) is 8.61. The Morgan fingerprint density at radius 1 is 1.88 bits per heavy atom. The van der Waals surface area contributed by atoms with Crippen LogP contribution in [0.5, 0.6) is 0 Å². The lowest BCUT2D eigenvalue weighted by molar-refractivity contribution is 0.661. The first-order valence-electron chi connectivity index (χ1n) is 2.90. The number of likely N-dealkylation sites (N-methyl/N-ethyl adjacent to an activating group) is 1. The van der Waals surface area contributed by atoms with Crippen LogP contribution in [-0.4, -0.2) is 12.6 Å². The van der Waals surface area contributed by atoms with E-state index < -0.39 is 0 Å². The van der Waals surface area contributed by atoms with Crippen LogP contribution in [0, 0.1) is 0 Å². The molecule has 0 heterocycles. The van der Waals surface area contributed by atoms with Gasteiger partial charge in [0, 0.05) is 6.04 Å². The van der Waals surface area contributed by atoms with E-state index in [9.17, 15) is 0 Å². The third-order valence-electron chi connectivity index (χ3n) is 0.894. The van der Waals surface area contributed by atoms with Gasteiger partial charge in [-0.15, -0.1) is 5.73 Å². The molecule has 1 N–H and O–H groups in total. The third-order valence-corrected chi connectivity index (χ3v) is 0.894. The standard InChI is InChI=1S/C7H13N/c1-4-6-7(3)8-5-2/h6-8H,1,5H2,2-3H3. The molecule has 0 saturated heterocycles. The molecule has 0 aromatic heterocycles. The molecule has 0 radical (unpaired) electrons. The highest BCUT2D eigenvalue weighted by atomic mass is 14.9. The number of hydrogen-bond donors (Lipinski definition) is 1. The Bertz CT molecular complexity index is 90.6. The van der Waals surface area contributed by atoms with Crippen molar-refractivity contribution >= 4 is 0 Å². The van der Waals surface area contributed by atoms with Gasteiger partial charge >= 0.3 is 0 Å². The van der Waals surface area contributed by atoms with Crippen LogP contribution >= 0.6 is 0 Å². The van der Waals surface area contributed by atoms with E-state index in [0.717, 1.165) is 6.54 Å². The first kappa shape index (κ1) is 7.48. The zero-order valence-corrected chi connectivity index (χ0v) is 5.57. The minimum Gasteiger partial charge on any atom is -0.310 e. The van der Waals surface area contributed by atoms with E-state index in [1.165, 1.54) is 0 Å². The Morgan fingerprint density at radius 2 is 2.50 bits per heavy atom. The fourth-order valence-electron chi connectivity index (χ4n) is 0.558. The third kappa shape index (κ3) is 3.66. The van der Waals surface area contributed by atoms with Crippen LogP contribution in [0.3, 0.4) is 0 Å². The minimum atomic E-state index is 0.414. The van der Waals surface area contributed by atoms with E-state index in [2.05, 4.69) is 31.5 Å². The molecular weight excluding hydrogens is 98.1 g/mol. The Kier molecular flexibility index (Phi) is 4.33. The zero-order valence-electron chi connectivity index (χ0n) is 5.57. The molecule has 0 rings (SSSR count). The maximum atomic E-state index is 3.46. The highest BCUT2D eigenvalue weighted by Gasteiger charge is 1.87. The summed E-state index contributed by atoms with van der Waals surface area (Å²) in [6, 6.07) is 0.414. The van der Waals surface area contributed by atoms with Crippen molar-refractivity contribution in [2.24, 2.45) is 0 Å². The van der Waals surface area contributed by atoms with Crippen LogP contribution in [0.2, 0.25) is 0 Å². The minimum absolute atomic E-state index is 0.414. The van der Waals surface area contributed by atoms with Crippen LogP contribution in [-0.2, 0) is 0 Å². The molecule has 8 heavy (non-hydrogen) atoms. The van der Waals surface area contributed by atoms with Crippen molar-refractivity contribution in [2.45, 2.75) is 19.9 Å². The van der Waals surface area contributed by atoms with Crippen LogP contribution in [0.15, 0.2) is 18.4 Å². The van der Waals surface area contributed by atoms with Gasteiger partial charge in [-0.2, -0.15) is 0 Å². The molecule has 0 aliphatic heterocycles. The number of rotatable bonds is 3. The average molecular weight is 111 g/mol. The van der Waals surface area contributed by atoms with Crippen LogP contribution in [0.25, 0.3) is 0 Å². The van der Waals surface area contributed by atoms with Gasteiger partial charge in [-0.05, 0) is 19.5 Å². The molecule has 1 atom stereocenters. The van der Waals surface area contributed by atoms with Crippen molar-refractivity contribution in [3.8, 4) is 0 Å². The molecule has 0 aliphatic carbocycles. The van der Waals surface area contributed by atoms with E-state index in [4.69, 9.17) is 0 Å². The first-order valence-corrected chi connectivity index (χ1v) is 2.90. The monoisotopic (exact) mass is 111 g/mol. The molecule has 0 aromatic carbocycles. The van der Waals surface area contributed by atoms with E-state index >= 15 is 0 Å². The molecule has 46 valence electrons. The maximum Gasteiger partial charge on any atom is 0.0295 e. The van der Waals surface area contributed by atoms with Gasteiger partial charge in [0.05, 0.1) is 0 Å². The van der Waals surface area contributed by atoms with Gasteiger partial charge in [0.15, 0.2) is 0 Å². The molecule has 1 heteroatoms. The Balaban J connectivity index is 3.31. The van der Waals surface area contributed by atoms with E-state index in [-0.39, 0.29) is 0 Å². The van der Waals surface area contributed by atoms with Crippen LogP contribution < -0.4 is 5.32 Å². The Labute approximate surface area is 51.1 Å². The van der Waals surface area contributed by atoms with Crippen LogP contribution in [0.1, 0.15) is 13.8 Å². The lowest BCUT2D eigenvalue weighted by Gasteiger charge is -2.02. The van der Waals surface area contributed by atoms with Gasteiger partial charge in [0.1, 0.15) is 0 Å². The summed E-state index contributed by atoms with van der Waals surface area (Å²) in [4.78, 5) is 0. The predicted molar refractivity (Wildman–Crippen MR) is 36.8 cm³/mol. The molecule has 0 aromatic rings. The lowest BCUT2D eigenvalue weighted by Crippen LogP contribution is -2.22. The second-order valence-corrected chi connectivity index (χ2v) is 1.72. The molecule has 0 spiro atoms. The number of nitrogens with one attached hydrogen (secondary N) is 1. The molecule has 1 nitrogen and oxygen atoms in total. The molecule has 0 aliphatic rings. The molecule has 0 bridgehead atoms. The summed E-state index contributed by atoms with van der Waals surface area (Å²) in [5.74, 6) is 0. The average Bonchev–Trinajstić information content (AvgIpc) is 1.68. The molecular formula is C7H13N. The normalized spacial score (nSPS) is 12.2. The fraction of sp³-hybridized carbons (Fsp3) is 0.571. The van der Waals surface area contributed by atoms with E-state index in [1.54, 1.807) is 0 Å². The van der Waals surface area contributed by atoms with Crippen molar-refractivity contribution in [1.82, 2.24) is 5.32 Å². The second-order valence-electron chi connectivity index (χ2n) is 1.72. The first-order chi connectivity index (χ1) is 3.81. The van der Waals surface area contributed by atoms with Gasteiger partial charge in [0.25, 0.3) is 0 Å². The van der Waals surface area contributed by atoms with E-state index in [0.29, 0.717) is 6.04 Å². The van der Waals surface area contributed by atoms with Crippen molar-refractivity contribution in [2.75, 3.05) is 6.54 Å². The van der Waals surface area contributed by atoms with Gasteiger partial charge in [-0.3, -0.25) is 0 Å². The topological polar surface area (TPSA) is 12.0 Å². The van der Waals surface area contributed by atoms with Crippen molar-refractivity contribution in [1.29, 1.82) is 0 Å². The van der Waals surface area contributed by atoms with Gasteiger partial charge < -0.3 is 5.32 Å². The summed E-state index contributed by atoms with van der Waals surface area (Å²) in [7, 11) is 0. The smallest absolute Gasteiger partial charge is 0.0295 e. The molecule has 0 saturated carbocycles. The SMILES string of the molecule is C=C=CC(C)NCC. The molecule has 1 unspecified atom stereocenters. The van der Waals surface area contributed by atoms with Crippen molar-refractivity contribution < 1.29 is 0 Å². The molecule has 0 fully saturated rings. The highest BCUT2D eigenvalue weighted by molar-refractivity contribution is 4.86. The Hall–Kier alpha value is -0.520. The van der Waals surface area contributed by atoms with Gasteiger partial charge in [-0.1, -0.05) is 13.5 Å². The predicted octanol–water partition coefficient (Wildman–Crippen LogP) is 1.33. The fourth-order valence-corrected chi connectivity index (χ4v) is 0.558. The van der Waals surface area contributed by atoms with Gasteiger partial charge in [0.2, 0.25) is 0 Å². The van der Waals surface area contributed by atoms with Crippen molar-refractivity contribution in [3.05, 3.63) is 18.4 Å². The highest BCUT2D eigenvalue weighted by Crippen LogP contribution is 1.78. The largest absolute Gasteiger partial charge is 0.310 e. The summed E-state index contributed by atoms with van der Waals surface area (Å²) in [5.41, 5.74) is 2.71. The second kappa shape index (κ2) is 4.63. The van der Waals surface area contributed by atoms with Crippen LogP contribution in [0.4, 0.5) is 0 Å². The number of hydrogen-bond acceptors (Lipinski definition) is 1. The Morgan fingerprint density at radius 3 is 2.88 bits per heavy atom. The zero-order chi connectivity index (χ0) is 6.41. The summed E-state index contributed by atoms with van der Waals surface area (Å²) >= 11 is 0. The van der Waals surface area contributed by atoms with Crippen molar-refractivity contribution in [3.63, 3.8) is 0 Å². The van der Waals surface area contributed by atoms with Gasteiger partial charge in [-0.25, -0.2) is 0 Å². The quantitative estimate of drug-likeness (QED) is 0.542. The van der Waals surface area contributed by atoms with E-state index in [1.807, 2.05) is 6.08 Å². The summed E-state index contributed by atoms with van der Waals surface area (Å²) in [6.07, 6.45) is 1.91. The lowest BCUT2D eigenvalue weighted by atomic mass is 10.3. The summed E-state index contributed by atoms with van der Waals surface area (Å²) < 4.78 is 0.